The molecule has 0 heterocycles. The van der Waals surface area contributed by atoms with Gasteiger partial charge in [-0.15, -0.1) is 0 Å². The van der Waals surface area contributed by atoms with Gasteiger partial charge in [-0.3, -0.25) is 0 Å². The van der Waals surface area contributed by atoms with E-state index in [1.54, 1.807) is 7.11 Å². The Kier molecular flexibility index (Phi) is 6.34. The molecule has 0 fully saturated rings. The van der Waals surface area contributed by atoms with Gasteiger partial charge < -0.3 is 14.8 Å². The molecule has 0 saturated heterocycles. The number of likely N-dealkylation sites (N-methyl/N-ethyl adjacent to an activating group) is 1. The van der Waals surface area contributed by atoms with E-state index in [-0.39, 0.29) is 5.41 Å². The first-order valence-electron chi connectivity index (χ1n) is 7.45. The van der Waals surface area contributed by atoms with Crippen LogP contribution in [0.4, 0.5) is 0 Å². The van der Waals surface area contributed by atoms with Gasteiger partial charge in [0.15, 0.2) is 11.5 Å². The van der Waals surface area contributed by atoms with Crippen molar-refractivity contribution in [3.8, 4) is 11.5 Å². The average molecular weight is 279 g/mol. The summed E-state index contributed by atoms with van der Waals surface area (Å²) in [5, 5.41) is 3.49. The summed E-state index contributed by atoms with van der Waals surface area (Å²) in [6, 6.07) is 6.46. The van der Waals surface area contributed by atoms with Crippen molar-refractivity contribution >= 4 is 0 Å². The van der Waals surface area contributed by atoms with E-state index in [9.17, 15) is 0 Å². The minimum Gasteiger partial charge on any atom is -0.493 e. The Labute approximate surface area is 123 Å². The molecule has 0 radical (unpaired) electrons. The number of benzene rings is 1. The molecule has 1 rings (SSSR count). The van der Waals surface area contributed by atoms with Crippen LogP contribution >= 0.6 is 0 Å². The quantitative estimate of drug-likeness (QED) is 0.826. The number of rotatable bonds is 7. The van der Waals surface area contributed by atoms with Crippen LogP contribution in [0.3, 0.4) is 0 Å². The summed E-state index contributed by atoms with van der Waals surface area (Å²) in [7, 11) is 1.69. The molecule has 0 aromatic heterocycles. The maximum absolute atomic E-state index is 5.98. The lowest BCUT2D eigenvalue weighted by Gasteiger charge is -2.31. The highest BCUT2D eigenvalue weighted by Crippen LogP contribution is 2.29. The standard InChI is InChI=1S/C17H29NO2/c1-7-13-9-10-14(15(11-13)19-6)20-12-16(18-8-2)17(3,4)5/h9-11,16,18H,7-8,12H2,1-6H3. The highest BCUT2D eigenvalue weighted by molar-refractivity contribution is 5.43. The van der Waals surface area contributed by atoms with Gasteiger partial charge in [-0.05, 0) is 36.1 Å². The molecule has 0 spiro atoms. The fourth-order valence-electron chi connectivity index (χ4n) is 2.09. The van der Waals surface area contributed by atoms with E-state index < -0.39 is 0 Å². The third kappa shape index (κ3) is 4.71. The number of hydrogen-bond acceptors (Lipinski definition) is 3. The van der Waals surface area contributed by atoms with Crippen LogP contribution < -0.4 is 14.8 Å². The topological polar surface area (TPSA) is 30.5 Å². The molecule has 3 heteroatoms. The summed E-state index contributed by atoms with van der Waals surface area (Å²) in [4.78, 5) is 0. The zero-order valence-corrected chi connectivity index (χ0v) is 13.7. The Morgan fingerprint density at radius 1 is 1.15 bits per heavy atom. The lowest BCUT2D eigenvalue weighted by molar-refractivity contribution is 0.172. The summed E-state index contributed by atoms with van der Waals surface area (Å²) >= 11 is 0. The molecular formula is C17H29NO2. The van der Waals surface area contributed by atoms with Crippen molar-refractivity contribution in [1.82, 2.24) is 5.32 Å². The van der Waals surface area contributed by atoms with Crippen molar-refractivity contribution in [2.75, 3.05) is 20.3 Å². The lowest BCUT2D eigenvalue weighted by atomic mass is 9.87. The van der Waals surface area contributed by atoms with Gasteiger partial charge in [0, 0.05) is 6.04 Å². The second kappa shape index (κ2) is 7.53. The molecular weight excluding hydrogens is 250 g/mol. The van der Waals surface area contributed by atoms with Gasteiger partial charge in [0.05, 0.1) is 7.11 Å². The van der Waals surface area contributed by atoms with Gasteiger partial charge in [-0.25, -0.2) is 0 Å². The molecule has 1 unspecified atom stereocenters. The molecule has 1 aromatic carbocycles. The van der Waals surface area contributed by atoms with E-state index in [0.717, 1.165) is 24.5 Å². The van der Waals surface area contributed by atoms with E-state index in [1.807, 2.05) is 6.07 Å². The number of aryl methyl sites for hydroxylation is 1. The normalized spacial score (nSPS) is 13.1. The fraction of sp³-hybridized carbons (Fsp3) is 0.647. The largest absolute Gasteiger partial charge is 0.493 e. The van der Waals surface area contributed by atoms with E-state index in [4.69, 9.17) is 9.47 Å². The van der Waals surface area contributed by atoms with Crippen molar-refractivity contribution in [2.45, 2.75) is 47.1 Å². The van der Waals surface area contributed by atoms with Gasteiger partial charge in [0.25, 0.3) is 0 Å². The molecule has 0 aliphatic rings. The Balaban J connectivity index is 2.77. The summed E-state index contributed by atoms with van der Waals surface area (Å²) in [5.74, 6) is 1.63. The minimum atomic E-state index is 0.159. The van der Waals surface area contributed by atoms with Gasteiger partial charge in [0.2, 0.25) is 0 Å². The third-order valence-corrected chi connectivity index (χ3v) is 3.54. The summed E-state index contributed by atoms with van der Waals surface area (Å²) in [6.45, 7) is 12.5. The third-order valence-electron chi connectivity index (χ3n) is 3.54. The molecule has 0 aliphatic carbocycles. The first-order chi connectivity index (χ1) is 9.42. The van der Waals surface area contributed by atoms with Crippen molar-refractivity contribution in [2.24, 2.45) is 5.41 Å². The molecule has 1 atom stereocenters. The fourth-order valence-corrected chi connectivity index (χ4v) is 2.09. The Morgan fingerprint density at radius 3 is 2.35 bits per heavy atom. The second-order valence-electron chi connectivity index (χ2n) is 6.13. The zero-order chi connectivity index (χ0) is 15.2. The van der Waals surface area contributed by atoms with Crippen LogP contribution in [-0.4, -0.2) is 26.3 Å². The number of hydrogen-bond donors (Lipinski definition) is 1. The van der Waals surface area contributed by atoms with Gasteiger partial charge in [0.1, 0.15) is 6.61 Å². The van der Waals surface area contributed by atoms with Crippen LogP contribution in [0.5, 0.6) is 11.5 Å². The van der Waals surface area contributed by atoms with Gasteiger partial charge in [-0.2, -0.15) is 0 Å². The monoisotopic (exact) mass is 279 g/mol. The number of ether oxygens (including phenoxy) is 2. The smallest absolute Gasteiger partial charge is 0.161 e. The first kappa shape index (κ1) is 16.8. The molecule has 1 N–H and O–H groups in total. The Morgan fingerprint density at radius 2 is 1.85 bits per heavy atom. The second-order valence-corrected chi connectivity index (χ2v) is 6.13. The molecule has 20 heavy (non-hydrogen) atoms. The summed E-state index contributed by atoms with van der Waals surface area (Å²) in [5.41, 5.74) is 1.42. The molecule has 0 saturated carbocycles. The SMILES string of the molecule is CCNC(COc1ccc(CC)cc1OC)C(C)(C)C. The van der Waals surface area contributed by atoms with E-state index >= 15 is 0 Å². The molecule has 1 aromatic rings. The predicted molar refractivity (Wildman–Crippen MR) is 84.8 cm³/mol. The maximum atomic E-state index is 5.98. The molecule has 3 nitrogen and oxygen atoms in total. The first-order valence-corrected chi connectivity index (χ1v) is 7.45. The van der Waals surface area contributed by atoms with E-state index in [2.05, 4.69) is 52.1 Å². The highest BCUT2D eigenvalue weighted by Gasteiger charge is 2.24. The summed E-state index contributed by atoms with van der Waals surface area (Å²) < 4.78 is 11.4. The lowest BCUT2D eigenvalue weighted by Crippen LogP contribution is -2.44. The van der Waals surface area contributed by atoms with Crippen LogP contribution in [0.1, 0.15) is 40.2 Å². The zero-order valence-electron chi connectivity index (χ0n) is 13.7. The highest BCUT2D eigenvalue weighted by atomic mass is 16.5. The van der Waals surface area contributed by atoms with E-state index in [0.29, 0.717) is 12.6 Å². The number of methoxy groups -OCH3 is 1. The van der Waals surface area contributed by atoms with Gasteiger partial charge in [-0.1, -0.05) is 40.7 Å². The van der Waals surface area contributed by atoms with Crippen LogP contribution in [0.2, 0.25) is 0 Å². The number of nitrogens with one attached hydrogen (secondary N) is 1. The van der Waals surface area contributed by atoms with Crippen molar-refractivity contribution < 1.29 is 9.47 Å². The van der Waals surface area contributed by atoms with Crippen LogP contribution in [0, 0.1) is 5.41 Å². The Hall–Kier alpha value is -1.22. The predicted octanol–water partition coefficient (Wildman–Crippen LogP) is 3.66. The van der Waals surface area contributed by atoms with Crippen LogP contribution in [0.15, 0.2) is 18.2 Å². The molecule has 114 valence electrons. The minimum absolute atomic E-state index is 0.159. The average Bonchev–Trinajstić information content (AvgIpc) is 2.42. The molecule has 0 bridgehead atoms. The van der Waals surface area contributed by atoms with Crippen molar-refractivity contribution in [3.63, 3.8) is 0 Å². The van der Waals surface area contributed by atoms with Gasteiger partial charge >= 0.3 is 0 Å². The van der Waals surface area contributed by atoms with Crippen molar-refractivity contribution in [1.29, 1.82) is 0 Å². The Bertz CT molecular complexity index is 410. The molecule has 0 aliphatic heterocycles. The maximum Gasteiger partial charge on any atom is 0.161 e. The van der Waals surface area contributed by atoms with Crippen LogP contribution in [-0.2, 0) is 6.42 Å². The van der Waals surface area contributed by atoms with Crippen molar-refractivity contribution in [3.05, 3.63) is 23.8 Å². The molecule has 0 amide bonds. The van der Waals surface area contributed by atoms with E-state index in [1.165, 1.54) is 5.56 Å². The summed E-state index contributed by atoms with van der Waals surface area (Å²) in [6.07, 6.45) is 0.999. The van der Waals surface area contributed by atoms with Crippen LogP contribution in [0.25, 0.3) is 0 Å².